The van der Waals surface area contributed by atoms with Crippen molar-refractivity contribution in [3.8, 4) is 5.75 Å². The van der Waals surface area contributed by atoms with E-state index in [4.69, 9.17) is 9.84 Å². The van der Waals surface area contributed by atoms with E-state index in [0.717, 1.165) is 11.1 Å². The van der Waals surface area contributed by atoms with Crippen molar-refractivity contribution in [2.75, 3.05) is 12.1 Å². The van der Waals surface area contributed by atoms with E-state index in [9.17, 15) is 9.59 Å². The zero-order valence-corrected chi connectivity index (χ0v) is 20.0. The van der Waals surface area contributed by atoms with Crippen LogP contribution in [0.1, 0.15) is 33.8 Å². The van der Waals surface area contributed by atoms with E-state index in [1.54, 1.807) is 7.11 Å². The zero-order valence-electron chi connectivity index (χ0n) is 20.0. The van der Waals surface area contributed by atoms with E-state index in [0.29, 0.717) is 22.7 Å². The van der Waals surface area contributed by atoms with Crippen LogP contribution in [-0.2, 0) is 4.79 Å². The van der Waals surface area contributed by atoms with Gasteiger partial charge in [-0.3, -0.25) is 9.59 Å². The summed E-state index contributed by atoms with van der Waals surface area (Å²) in [5.41, 5.74) is 3.73. The second-order valence-corrected chi connectivity index (χ2v) is 8.69. The third-order valence-corrected chi connectivity index (χ3v) is 6.49. The van der Waals surface area contributed by atoms with Crippen molar-refractivity contribution in [1.82, 2.24) is 0 Å². The van der Waals surface area contributed by atoms with Crippen LogP contribution in [0.2, 0.25) is 0 Å². The molecule has 5 heteroatoms. The van der Waals surface area contributed by atoms with Crippen molar-refractivity contribution in [3.63, 3.8) is 0 Å². The Labute approximate surface area is 210 Å². The van der Waals surface area contributed by atoms with E-state index in [1.807, 2.05) is 115 Å². The number of ether oxygens (including phenoxy) is 1. The van der Waals surface area contributed by atoms with Crippen LogP contribution < -0.4 is 9.75 Å². The highest BCUT2D eigenvalue weighted by Crippen LogP contribution is 2.39. The van der Waals surface area contributed by atoms with Crippen molar-refractivity contribution < 1.29 is 14.3 Å². The number of hydrazone groups is 1. The molecule has 5 rings (SSSR count). The Kier molecular flexibility index (Phi) is 6.72. The molecule has 0 saturated carbocycles. The summed E-state index contributed by atoms with van der Waals surface area (Å²) in [6.45, 7) is 0. The molecule has 1 aliphatic rings. The Morgan fingerprint density at radius 3 is 2.03 bits per heavy atom. The summed E-state index contributed by atoms with van der Waals surface area (Å²) in [5.74, 6) is -0.499. The number of Topliss-reactive ketones (excluding diaryl/α,β-unsaturated/α-hetero) is 1. The summed E-state index contributed by atoms with van der Waals surface area (Å²) in [6.07, 6.45) is 0.168. The first-order valence-electron chi connectivity index (χ1n) is 11.9. The largest absolute Gasteiger partial charge is 0.497 e. The fourth-order valence-electron chi connectivity index (χ4n) is 4.65. The second-order valence-electron chi connectivity index (χ2n) is 8.69. The summed E-state index contributed by atoms with van der Waals surface area (Å²) < 4.78 is 5.35. The van der Waals surface area contributed by atoms with E-state index in [-0.39, 0.29) is 18.1 Å². The third kappa shape index (κ3) is 4.68. The quantitative estimate of drug-likeness (QED) is 0.289. The number of rotatable bonds is 8. The lowest BCUT2D eigenvalue weighted by Gasteiger charge is -2.24. The predicted molar refractivity (Wildman–Crippen MR) is 142 cm³/mol. The molecule has 4 aromatic rings. The van der Waals surface area contributed by atoms with Gasteiger partial charge in [0.05, 0.1) is 24.4 Å². The van der Waals surface area contributed by atoms with Gasteiger partial charge in [-0.1, -0.05) is 91.0 Å². The van der Waals surface area contributed by atoms with Crippen molar-refractivity contribution in [2.45, 2.75) is 12.3 Å². The molecule has 0 aromatic heterocycles. The lowest BCUT2D eigenvalue weighted by atomic mass is 9.77. The first-order chi connectivity index (χ1) is 17.7. The number of hydrogen-bond acceptors (Lipinski definition) is 4. The van der Waals surface area contributed by atoms with Crippen molar-refractivity contribution in [2.24, 2.45) is 11.0 Å². The molecule has 0 radical (unpaired) electrons. The Morgan fingerprint density at radius 2 is 1.42 bits per heavy atom. The summed E-state index contributed by atoms with van der Waals surface area (Å²) >= 11 is 0. The summed E-state index contributed by atoms with van der Waals surface area (Å²) in [6, 6.07) is 35.9. The second kappa shape index (κ2) is 10.4. The minimum absolute atomic E-state index is 0.0187. The van der Waals surface area contributed by atoms with Gasteiger partial charge in [-0.05, 0) is 35.4 Å². The molecule has 5 nitrogen and oxygen atoms in total. The molecule has 1 amide bonds. The summed E-state index contributed by atoms with van der Waals surface area (Å²) in [7, 11) is 1.61. The first-order valence-corrected chi connectivity index (χ1v) is 11.9. The van der Waals surface area contributed by atoms with E-state index in [1.165, 1.54) is 5.01 Å². The van der Waals surface area contributed by atoms with Crippen LogP contribution in [0.25, 0.3) is 0 Å². The van der Waals surface area contributed by atoms with Crippen LogP contribution in [0.5, 0.6) is 5.75 Å². The smallest absolute Gasteiger partial charge is 0.257 e. The van der Waals surface area contributed by atoms with Crippen molar-refractivity contribution in [1.29, 1.82) is 0 Å². The molecule has 178 valence electrons. The Hall–Kier alpha value is -4.51. The number of ketones is 1. The van der Waals surface area contributed by atoms with Gasteiger partial charge in [-0.25, -0.2) is 0 Å². The first kappa shape index (κ1) is 23.2. The van der Waals surface area contributed by atoms with Gasteiger partial charge in [0.25, 0.3) is 5.91 Å². The maximum absolute atomic E-state index is 14.0. The molecule has 0 saturated heterocycles. The standard InChI is InChI=1S/C31H26N2O3/c1-36-26-19-17-22(18-20-26)27(21-28(34)23-11-5-2-6-12-23)29-30(24-13-7-3-8-14-24)32-33(31(29)35)25-15-9-4-10-16-25/h2-20,27,29H,21H2,1H3/t27-,29-/m0/s1. The van der Waals surface area contributed by atoms with Crippen LogP contribution >= 0.6 is 0 Å². The van der Waals surface area contributed by atoms with Crippen LogP contribution in [0.15, 0.2) is 120 Å². The summed E-state index contributed by atoms with van der Waals surface area (Å²) in [5, 5.41) is 6.28. The Morgan fingerprint density at radius 1 is 0.833 bits per heavy atom. The lowest BCUT2D eigenvalue weighted by Crippen LogP contribution is -2.33. The minimum Gasteiger partial charge on any atom is -0.497 e. The number of benzene rings is 4. The molecule has 0 aliphatic carbocycles. The van der Waals surface area contributed by atoms with E-state index >= 15 is 0 Å². The van der Waals surface area contributed by atoms with Crippen LogP contribution in [0.3, 0.4) is 0 Å². The number of carbonyl (C=O) groups excluding carboxylic acids is 2. The van der Waals surface area contributed by atoms with Gasteiger partial charge < -0.3 is 4.74 Å². The normalized spacial score (nSPS) is 15.9. The average molecular weight is 475 g/mol. The molecule has 0 bridgehead atoms. The topological polar surface area (TPSA) is 59.0 Å². The van der Waals surface area contributed by atoms with Gasteiger partial charge in [-0.15, -0.1) is 0 Å². The highest BCUT2D eigenvalue weighted by Gasteiger charge is 2.43. The number of anilines is 1. The maximum Gasteiger partial charge on any atom is 0.257 e. The van der Waals surface area contributed by atoms with Gasteiger partial charge in [0, 0.05) is 17.9 Å². The SMILES string of the molecule is COc1ccc([C@H](CC(=O)c2ccccc2)[C@@H]2C(=O)N(c3ccccc3)N=C2c2ccccc2)cc1. The monoisotopic (exact) mass is 474 g/mol. The van der Waals surface area contributed by atoms with Gasteiger partial charge in [0.1, 0.15) is 5.75 Å². The number of amides is 1. The van der Waals surface area contributed by atoms with E-state index in [2.05, 4.69) is 0 Å². The highest BCUT2D eigenvalue weighted by atomic mass is 16.5. The van der Waals surface area contributed by atoms with Gasteiger partial charge in [-0.2, -0.15) is 10.1 Å². The molecule has 0 fully saturated rings. The lowest BCUT2D eigenvalue weighted by molar-refractivity contribution is -0.120. The molecule has 0 unspecified atom stereocenters. The molecular weight excluding hydrogens is 448 g/mol. The number of para-hydroxylation sites is 1. The van der Waals surface area contributed by atoms with Crippen LogP contribution in [-0.4, -0.2) is 24.5 Å². The maximum atomic E-state index is 14.0. The molecule has 2 atom stereocenters. The molecule has 1 heterocycles. The highest BCUT2D eigenvalue weighted by molar-refractivity contribution is 6.22. The minimum atomic E-state index is -0.631. The number of nitrogens with zero attached hydrogens (tertiary/aromatic N) is 2. The zero-order chi connectivity index (χ0) is 24.9. The number of carbonyl (C=O) groups is 2. The van der Waals surface area contributed by atoms with Crippen LogP contribution in [0, 0.1) is 5.92 Å². The average Bonchev–Trinajstić information content (AvgIpc) is 3.29. The van der Waals surface area contributed by atoms with Crippen molar-refractivity contribution in [3.05, 3.63) is 132 Å². The molecule has 4 aromatic carbocycles. The van der Waals surface area contributed by atoms with Crippen molar-refractivity contribution >= 4 is 23.1 Å². The van der Waals surface area contributed by atoms with Crippen LogP contribution in [0.4, 0.5) is 5.69 Å². The number of hydrogen-bond donors (Lipinski definition) is 0. The fourth-order valence-corrected chi connectivity index (χ4v) is 4.65. The Balaban J connectivity index is 1.61. The van der Waals surface area contributed by atoms with E-state index < -0.39 is 11.8 Å². The van der Waals surface area contributed by atoms with Gasteiger partial charge >= 0.3 is 0 Å². The fraction of sp³-hybridized carbons (Fsp3) is 0.129. The molecule has 0 spiro atoms. The summed E-state index contributed by atoms with van der Waals surface area (Å²) in [4.78, 5) is 27.4. The molecule has 1 aliphatic heterocycles. The third-order valence-electron chi connectivity index (χ3n) is 6.49. The Bertz CT molecular complexity index is 1370. The molecular formula is C31H26N2O3. The molecule has 0 N–H and O–H groups in total. The van der Waals surface area contributed by atoms with Gasteiger partial charge in [0.2, 0.25) is 0 Å². The van der Waals surface area contributed by atoms with Gasteiger partial charge in [0.15, 0.2) is 5.78 Å². The molecule has 36 heavy (non-hydrogen) atoms. The predicted octanol–water partition coefficient (Wildman–Crippen LogP) is 6.12. The number of methoxy groups -OCH3 is 1.